The van der Waals surface area contributed by atoms with E-state index in [1.54, 1.807) is 7.05 Å². The van der Waals surface area contributed by atoms with E-state index in [4.69, 9.17) is 4.74 Å². The molecule has 0 saturated carbocycles. The molecule has 1 saturated heterocycles. The molecule has 0 aliphatic carbocycles. The number of likely N-dealkylation sites (tertiary alicyclic amines) is 1. The second-order valence-corrected chi connectivity index (χ2v) is 8.04. The largest absolute Gasteiger partial charge is 0.444 e. The van der Waals surface area contributed by atoms with Crippen molar-refractivity contribution in [3.8, 4) is 0 Å². The van der Waals surface area contributed by atoms with Crippen LogP contribution in [0.1, 0.15) is 54.4 Å². The molecule has 0 aromatic rings. The fraction of sp³-hybridized carbons (Fsp3) is 0.889. The maximum absolute atomic E-state index is 12.1. The van der Waals surface area contributed by atoms with E-state index < -0.39 is 5.60 Å². The first-order valence-electron chi connectivity index (χ1n) is 9.07. The van der Waals surface area contributed by atoms with Crippen LogP contribution >= 0.6 is 24.0 Å². The van der Waals surface area contributed by atoms with E-state index in [0.717, 1.165) is 38.4 Å². The Balaban J connectivity index is 0.00000576. The van der Waals surface area contributed by atoms with E-state index in [2.05, 4.69) is 36.4 Å². The Hall–Kier alpha value is -0.730. The third-order valence-electron chi connectivity index (χ3n) is 4.41. The number of amides is 1. The number of halogens is 1. The second kappa shape index (κ2) is 11.1. The van der Waals surface area contributed by atoms with Crippen LogP contribution in [-0.2, 0) is 4.74 Å². The van der Waals surface area contributed by atoms with Crippen molar-refractivity contribution in [3.05, 3.63) is 0 Å². The summed E-state index contributed by atoms with van der Waals surface area (Å²) in [5, 5.41) is 6.82. The highest BCUT2D eigenvalue weighted by molar-refractivity contribution is 14.0. The molecule has 0 aromatic carbocycles. The first-order chi connectivity index (χ1) is 11.1. The first-order valence-corrected chi connectivity index (χ1v) is 9.07. The highest BCUT2D eigenvalue weighted by Gasteiger charge is 2.26. The minimum Gasteiger partial charge on any atom is -0.444 e. The fourth-order valence-electron chi connectivity index (χ4n) is 2.46. The predicted molar refractivity (Wildman–Crippen MR) is 115 cm³/mol. The van der Waals surface area contributed by atoms with Gasteiger partial charge in [0.1, 0.15) is 5.60 Å². The number of hydrogen-bond acceptors (Lipinski definition) is 3. The van der Waals surface area contributed by atoms with E-state index >= 15 is 0 Å². The van der Waals surface area contributed by atoms with Gasteiger partial charge in [-0.15, -0.1) is 24.0 Å². The zero-order valence-electron chi connectivity index (χ0n) is 16.9. The van der Waals surface area contributed by atoms with Gasteiger partial charge in [0.25, 0.3) is 0 Å². The summed E-state index contributed by atoms with van der Waals surface area (Å²) in [6.45, 7) is 14.7. The van der Waals surface area contributed by atoms with Gasteiger partial charge in [0.15, 0.2) is 5.96 Å². The number of nitrogens with zero attached hydrogens (tertiary/aromatic N) is 2. The molecule has 148 valence electrons. The van der Waals surface area contributed by atoms with Crippen LogP contribution in [0, 0.1) is 11.8 Å². The van der Waals surface area contributed by atoms with Crippen molar-refractivity contribution in [1.82, 2.24) is 15.5 Å². The van der Waals surface area contributed by atoms with E-state index in [-0.39, 0.29) is 30.1 Å². The second-order valence-electron chi connectivity index (χ2n) is 8.04. The smallest absolute Gasteiger partial charge is 0.410 e. The van der Waals surface area contributed by atoms with Crippen molar-refractivity contribution in [2.75, 3.05) is 26.7 Å². The zero-order chi connectivity index (χ0) is 18.3. The number of piperidine rings is 1. The molecule has 1 fully saturated rings. The van der Waals surface area contributed by atoms with Gasteiger partial charge in [0.2, 0.25) is 0 Å². The van der Waals surface area contributed by atoms with Crippen molar-refractivity contribution in [2.24, 2.45) is 16.8 Å². The molecule has 1 unspecified atom stereocenters. The third-order valence-corrected chi connectivity index (χ3v) is 4.41. The molecule has 7 heteroatoms. The number of hydrogen-bond donors (Lipinski definition) is 2. The van der Waals surface area contributed by atoms with Gasteiger partial charge in [-0.3, -0.25) is 4.99 Å². The molecule has 6 nitrogen and oxygen atoms in total. The number of aliphatic imine (C=N–C) groups is 1. The average Bonchev–Trinajstić information content (AvgIpc) is 2.49. The number of nitrogens with one attached hydrogen (secondary N) is 2. The molecule has 1 rings (SSSR count). The van der Waals surface area contributed by atoms with Crippen LogP contribution in [0.2, 0.25) is 0 Å². The van der Waals surface area contributed by atoms with E-state index in [1.165, 1.54) is 0 Å². The van der Waals surface area contributed by atoms with Crippen molar-refractivity contribution in [1.29, 1.82) is 0 Å². The Labute approximate surface area is 170 Å². The first kappa shape index (κ1) is 24.3. The maximum atomic E-state index is 12.1. The van der Waals surface area contributed by atoms with E-state index in [1.807, 2.05) is 25.7 Å². The monoisotopic (exact) mass is 468 g/mol. The summed E-state index contributed by atoms with van der Waals surface area (Å²) in [5.74, 6) is 1.96. The number of ether oxygens (including phenoxy) is 1. The number of carbonyl (C=O) groups excluding carboxylic acids is 1. The standard InChI is InChI=1S/C18H36N4O2.HI/c1-13(2)14(3)21-16(19-7)20-12-15-8-10-22(11-9-15)17(23)24-18(4,5)6;/h13-15H,8-12H2,1-7H3,(H2,19,20,21);1H. The Morgan fingerprint density at radius 1 is 1.24 bits per heavy atom. The normalized spacial score (nSPS) is 17.8. The summed E-state index contributed by atoms with van der Waals surface area (Å²) in [5.41, 5.74) is -0.430. The lowest BCUT2D eigenvalue weighted by molar-refractivity contribution is 0.0185. The summed E-state index contributed by atoms with van der Waals surface area (Å²) in [4.78, 5) is 18.2. The minimum absolute atomic E-state index is 0. The SMILES string of the molecule is CN=C(NCC1CCN(C(=O)OC(C)(C)C)CC1)NC(C)C(C)C.I. The minimum atomic E-state index is -0.430. The van der Waals surface area contributed by atoms with E-state index in [0.29, 0.717) is 17.9 Å². The summed E-state index contributed by atoms with van der Waals surface area (Å²) < 4.78 is 5.44. The van der Waals surface area contributed by atoms with Gasteiger partial charge in [-0.25, -0.2) is 4.79 Å². The zero-order valence-corrected chi connectivity index (χ0v) is 19.2. The third kappa shape index (κ3) is 9.51. The van der Waals surface area contributed by atoms with Crippen LogP contribution in [0.4, 0.5) is 4.79 Å². The van der Waals surface area contributed by atoms with Crippen LogP contribution < -0.4 is 10.6 Å². The molecule has 0 spiro atoms. The van der Waals surface area contributed by atoms with Gasteiger partial charge in [0.05, 0.1) is 0 Å². The molecule has 1 amide bonds. The molecule has 0 radical (unpaired) electrons. The van der Waals surface area contributed by atoms with Gasteiger partial charge in [0, 0.05) is 32.7 Å². The molecule has 0 bridgehead atoms. The van der Waals surface area contributed by atoms with Gasteiger partial charge in [-0.05, 0) is 52.4 Å². The molecular weight excluding hydrogens is 431 g/mol. The predicted octanol–water partition coefficient (Wildman–Crippen LogP) is 3.46. The molecule has 0 aromatic heterocycles. The molecule has 2 N–H and O–H groups in total. The Morgan fingerprint density at radius 2 is 1.80 bits per heavy atom. The lowest BCUT2D eigenvalue weighted by Crippen LogP contribution is -2.47. The molecule has 1 atom stereocenters. The molecule has 1 aliphatic rings. The van der Waals surface area contributed by atoms with Crippen molar-refractivity contribution < 1.29 is 9.53 Å². The van der Waals surface area contributed by atoms with Crippen LogP contribution in [0.15, 0.2) is 4.99 Å². The highest BCUT2D eigenvalue weighted by Crippen LogP contribution is 2.19. The van der Waals surface area contributed by atoms with Gasteiger partial charge < -0.3 is 20.3 Å². The lowest BCUT2D eigenvalue weighted by Gasteiger charge is -2.33. The maximum Gasteiger partial charge on any atom is 0.410 e. The topological polar surface area (TPSA) is 66.0 Å². The fourth-order valence-corrected chi connectivity index (χ4v) is 2.46. The molecule has 1 heterocycles. The highest BCUT2D eigenvalue weighted by atomic mass is 127. The number of guanidine groups is 1. The van der Waals surface area contributed by atoms with Crippen molar-refractivity contribution in [3.63, 3.8) is 0 Å². The Kier molecular flexibility index (Phi) is 10.8. The van der Waals surface area contributed by atoms with Crippen molar-refractivity contribution in [2.45, 2.75) is 66.0 Å². The quantitative estimate of drug-likeness (QED) is 0.377. The van der Waals surface area contributed by atoms with Crippen LogP contribution in [0.25, 0.3) is 0 Å². The summed E-state index contributed by atoms with van der Waals surface area (Å²) >= 11 is 0. The van der Waals surface area contributed by atoms with Gasteiger partial charge in [-0.1, -0.05) is 13.8 Å². The van der Waals surface area contributed by atoms with Crippen LogP contribution in [-0.4, -0.2) is 55.3 Å². The van der Waals surface area contributed by atoms with Crippen LogP contribution in [0.5, 0.6) is 0 Å². The van der Waals surface area contributed by atoms with Gasteiger partial charge >= 0.3 is 6.09 Å². The Morgan fingerprint density at radius 3 is 2.24 bits per heavy atom. The lowest BCUT2D eigenvalue weighted by atomic mass is 9.97. The molecule has 25 heavy (non-hydrogen) atoms. The van der Waals surface area contributed by atoms with Gasteiger partial charge in [-0.2, -0.15) is 0 Å². The molecule has 1 aliphatic heterocycles. The van der Waals surface area contributed by atoms with E-state index in [9.17, 15) is 4.79 Å². The average molecular weight is 468 g/mol. The molecular formula is C18H37IN4O2. The summed E-state index contributed by atoms with van der Waals surface area (Å²) in [7, 11) is 1.80. The number of rotatable bonds is 4. The van der Waals surface area contributed by atoms with Crippen molar-refractivity contribution >= 4 is 36.0 Å². The Bertz CT molecular complexity index is 427. The number of carbonyl (C=O) groups is 1. The summed E-state index contributed by atoms with van der Waals surface area (Å²) in [6, 6.07) is 0.380. The summed E-state index contributed by atoms with van der Waals surface area (Å²) in [6.07, 6.45) is 1.78. The van der Waals surface area contributed by atoms with Crippen LogP contribution in [0.3, 0.4) is 0 Å².